The lowest BCUT2D eigenvalue weighted by Crippen LogP contribution is -2.46. The van der Waals surface area contributed by atoms with Gasteiger partial charge in [-0.3, -0.25) is 20.4 Å². The predicted octanol–water partition coefficient (Wildman–Crippen LogP) is 5.03. The van der Waals surface area contributed by atoms with Crippen LogP contribution in [-0.4, -0.2) is 23.5 Å². The third-order valence-electron chi connectivity index (χ3n) is 4.59. The summed E-state index contributed by atoms with van der Waals surface area (Å²) < 4.78 is 38.0. The molecule has 2 aromatic rings. The Labute approximate surface area is 186 Å². The fourth-order valence-corrected chi connectivity index (χ4v) is 2.61. The minimum atomic E-state index is -4.43. The number of carbonyl (C=O) groups excluding carboxylic acids is 2. The molecule has 0 saturated heterocycles. The molecule has 9 heteroatoms. The van der Waals surface area contributed by atoms with Crippen molar-refractivity contribution >= 4 is 23.2 Å². The largest absolute Gasteiger partial charge is 0.416 e. The number of benzene rings is 2. The molecule has 3 rings (SSSR count). The maximum Gasteiger partial charge on any atom is 0.416 e. The fourth-order valence-electron chi connectivity index (χ4n) is 2.61. The molecule has 1 fully saturated rings. The molecule has 6 nitrogen and oxygen atoms in total. The van der Waals surface area contributed by atoms with Crippen molar-refractivity contribution < 1.29 is 27.9 Å². The Bertz CT molecular complexity index is 880. The Balaban J connectivity index is 0.00000121. The van der Waals surface area contributed by atoms with Gasteiger partial charge in [0.1, 0.15) is 0 Å². The molecule has 0 aromatic heterocycles. The fraction of sp³-hybridized carbons (Fsp3) is 0.391. The van der Waals surface area contributed by atoms with Gasteiger partial charge in [-0.2, -0.15) is 13.2 Å². The Morgan fingerprint density at radius 1 is 0.938 bits per heavy atom. The van der Waals surface area contributed by atoms with Crippen molar-refractivity contribution in [1.82, 2.24) is 10.9 Å². The van der Waals surface area contributed by atoms with E-state index in [1.165, 1.54) is 18.2 Å². The highest BCUT2D eigenvalue weighted by Crippen LogP contribution is 2.45. The maximum atomic E-state index is 12.7. The second-order valence-corrected chi connectivity index (χ2v) is 6.59. The Kier molecular flexibility index (Phi) is 10.2. The van der Waals surface area contributed by atoms with Crippen LogP contribution in [0.1, 0.15) is 56.5 Å². The van der Waals surface area contributed by atoms with Gasteiger partial charge in [0.2, 0.25) is 5.91 Å². The molecular formula is C23H30F3N3O3. The van der Waals surface area contributed by atoms with E-state index in [1.807, 2.05) is 27.7 Å². The van der Waals surface area contributed by atoms with E-state index in [9.17, 15) is 27.9 Å². The van der Waals surface area contributed by atoms with Gasteiger partial charge in [0, 0.05) is 5.69 Å². The molecule has 0 atom stereocenters. The zero-order valence-electron chi connectivity index (χ0n) is 18.6. The highest BCUT2D eigenvalue weighted by molar-refractivity contribution is 6.01. The van der Waals surface area contributed by atoms with Crippen LogP contribution in [0.2, 0.25) is 0 Å². The number of nitrogens with one attached hydrogen (secondary N) is 3. The number of para-hydroxylation sites is 1. The highest BCUT2D eigenvalue weighted by atomic mass is 19.4. The molecule has 2 aromatic carbocycles. The monoisotopic (exact) mass is 453 g/mol. The number of halogens is 3. The number of rotatable bonds is 5. The smallest absolute Gasteiger partial charge is 0.395 e. The number of carbonyl (C=O) groups is 2. The minimum Gasteiger partial charge on any atom is -0.395 e. The molecule has 0 heterocycles. The number of anilines is 2. The average molecular weight is 454 g/mol. The van der Waals surface area contributed by atoms with Crippen molar-refractivity contribution in [3.8, 4) is 0 Å². The van der Waals surface area contributed by atoms with Gasteiger partial charge >= 0.3 is 6.18 Å². The third kappa shape index (κ3) is 6.98. The normalized spacial score (nSPS) is 13.4. The van der Waals surface area contributed by atoms with Crippen molar-refractivity contribution in [2.45, 2.75) is 46.7 Å². The molecule has 1 aliphatic carbocycles. The second kappa shape index (κ2) is 12.1. The van der Waals surface area contributed by atoms with E-state index in [1.54, 1.807) is 18.2 Å². The van der Waals surface area contributed by atoms with Gasteiger partial charge in [0.25, 0.3) is 5.91 Å². The average Bonchev–Trinajstić information content (AvgIpc) is 3.61. The molecule has 1 saturated carbocycles. The molecule has 32 heavy (non-hydrogen) atoms. The maximum absolute atomic E-state index is 12.7. The van der Waals surface area contributed by atoms with Gasteiger partial charge in [0.05, 0.1) is 28.8 Å². The first-order valence-corrected chi connectivity index (χ1v) is 10.5. The van der Waals surface area contributed by atoms with Gasteiger partial charge in [-0.25, -0.2) is 0 Å². The summed E-state index contributed by atoms with van der Waals surface area (Å²) in [6.45, 7) is 7.71. The molecule has 176 valence electrons. The number of amides is 2. The number of aliphatic hydroxyl groups excluding tert-OH is 1. The van der Waals surface area contributed by atoms with Gasteiger partial charge in [-0.05, 0) is 49.2 Å². The number of hydrogen-bond acceptors (Lipinski definition) is 4. The lowest BCUT2D eigenvalue weighted by Gasteiger charge is -2.15. The van der Waals surface area contributed by atoms with Gasteiger partial charge < -0.3 is 10.4 Å². The zero-order chi connectivity index (χ0) is 24.4. The summed E-state index contributed by atoms with van der Waals surface area (Å²) in [7, 11) is 0. The Morgan fingerprint density at radius 3 is 2.00 bits per heavy atom. The van der Waals surface area contributed by atoms with E-state index in [4.69, 9.17) is 0 Å². The van der Waals surface area contributed by atoms with Crippen LogP contribution in [0.25, 0.3) is 0 Å². The first kappa shape index (κ1) is 27.0. The van der Waals surface area contributed by atoms with Crippen molar-refractivity contribution in [3.05, 3.63) is 59.7 Å². The van der Waals surface area contributed by atoms with Crippen LogP contribution >= 0.6 is 0 Å². The lowest BCUT2D eigenvalue weighted by atomic mass is 10.1. The number of aliphatic hydroxyl groups is 1. The molecule has 1 aliphatic rings. The molecule has 4 N–H and O–H groups in total. The van der Waals surface area contributed by atoms with E-state index < -0.39 is 29.0 Å². The summed E-state index contributed by atoms with van der Waals surface area (Å²) in [5.74, 6) is -1.06. The molecule has 0 bridgehead atoms. The summed E-state index contributed by atoms with van der Waals surface area (Å²) in [5.41, 5.74) is 3.91. The van der Waals surface area contributed by atoms with Crippen LogP contribution in [0, 0.1) is 5.41 Å². The summed E-state index contributed by atoms with van der Waals surface area (Å²) in [4.78, 5) is 24.4. The van der Waals surface area contributed by atoms with Gasteiger partial charge in [-0.1, -0.05) is 39.8 Å². The second-order valence-electron chi connectivity index (χ2n) is 6.59. The molecule has 0 unspecified atom stereocenters. The van der Waals surface area contributed by atoms with E-state index >= 15 is 0 Å². The summed E-state index contributed by atoms with van der Waals surface area (Å²) in [6.07, 6.45) is -3.32. The molecule has 0 aliphatic heterocycles. The minimum absolute atomic E-state index is 0.191. The number of hydrogen-bond donors (Lipinski definition) is 4. The summed E-state index contributed by atoms with van der Waals surface area (Å²) in [5, 5.41) is 12.1. The van der Waals surface area contributed by atoms with Crippen LogP contribution < -0.4 is 16.2 Å². The van der Waals surface area contributed by atoms with Crippen LogP contribution in [-0.2, 0) is 11.0 Å². The lowest BCUT2D eigenvalue weighted by molar-refractivity contribution is -0.137. The van der Waals surface area contributed by atoms with E-state index in [-0.39, 0.29) is 12.2 Å². The third-order valence-corrected chi connectivity index (χ3v) is 4.59. The molecular weight excluding hydrogens is 423 g/mol. The summed E-state index contributed by atoms with van der Waals surface area (Å²) in [6, 6.07) is 10.8. The van der Waals surface area contributed by atoms with Gasteiger partial charge in [0.15, 0.2) is 0 Å². The molecule has 0 spiro atoms. The Hall–Kier alpha value is -3.07. The van der Waals surface area contributed by atoms with Crippen LogP contribution in [0.4, 0.5) is 24.5 Å². The van der Waals surface area contributed by atoms with E-state index in [2.05, 4.69) is 16.2 Å². The van der Waals surface area contributed by atoms with E-state index in [0.29, 0.717) is 24.2 Å². The quantitative estimate of drug-likeness (QED) is 0.478. The van der Waals surface area contributed by atoms with Crippen molar-refractivity contribution in [3.63, 3.8) is 0 Å². The Morgan fingerprint density at radius 2 is 1.50 bits per heavy atom. The van der Waals surface area contributed by atoms with Gasteiger partial charge in [-0.15, -0.1) is 0 Å². The van der Waals surface area contributed by atoms with Crippen molar-refractivity contribution in [2.24, 2.45) is 5.41 Å². The van der Waals surface area contributed by atoms with E-state index in [0.717, 1.165) is 12.1 Å². The number of hydrazine groups is 1. The SMILES string of the molecule is CC.CC.O=C(NNC(=O)C1(CO)CC1)c1ccccc1Nc1ccc(C(F)(F)F)cc1. The summed E-state index contributed by atoms with van der Waals surface area (Å²) >= 11 is 0. The first-order chi connectivity index (χ1) is 15.2. The predicted molar refractivity (Wildman–Crippen MR) is 118 cm³/mol. The van der Waals surface area contributed by atoms with Crippen molar-refractivity contribution in [2.75, 3.05) is 11.9 Å². The van der Waals surface area contributed by atoms with Crippen LogP contribution in [0.3, 0.4) is 0 Å². The molecule has 0 radical (unpaired) electrons. The highest BCUT2D eigenvalue weighted by Gasteiger charge is 2.49. The topological polar surface area (TPSA) is 90.5 Å². The van der Waals surface area contributed by atoms with Crippen LogP contribution in [0.5, 0.6) is 0 Å². The molecule has 2 amide bonds. The number of alkyl halides is 3. The first-order valence-electron chi connectivity index (χ1n) is 10.5. The van der Waals surface area contributed by atoms with Crippen LogP contribution in [0.15, 0.2) is 48.5 Å². The van der Waals surface area contributed by atoms with Crippen molar-refractivity contribution in [1.29, 1.82) is 0 Å². The zero-order valence-corrected chi connectivity index (χ0v) is 18.6. The standard InChI is InChI=1S/C19H18F3N3O3.2C2H6/c20-19(21,22)12-5-7-13(8-6-12)23-15-4-2-1-3-14(15)16(27)24-25-17(28)18(11-26)9-10-18;2*1-2/h1-8,23,26H,9-11H2,(H,24,27)(H,25,28);2*1-2H3.